The van der Waals surface area contributed by atoms with Gasteiger partial charge in [-0.25, -0.2) is 9.48 Å². The first-order chi connectivity index (χ1) is 8.13. The first kappa shape index (κ1) is 11.1. The summed E-state index contributed by atoms with van der Waals surface area (Å²) in [5.74, 6) is -0.957. The fourth-order valence-corrected chi connectivity index (χ4v) is 1.54. The maximum Gasteiger partial charge on any atom is 0.356 e. The lowest BCUT2D eigenvalue weighted by atomic mass is 10.2. The first-order valence-corrected chi connectivity index (χ1v) is 5.10. The molecule has 1 heterocycles. The topological polar surface area (TPSA) is 88.2 Å². The van der Waals surface area contributed by atoms with Crippen molar-refractivity contribution in [3.8, 4) is 11.4 Å². The standard InChI is InChI=1S/C11H11N3O3/c1-2-9-10(11(16)17)14(13-12-9)7-3-5-8(15)6-4-7/h3-6,15H,2H2,1H3,(H,16,17). The lowest BCUT2D eigenvalue weighted by Gasteiger charge is -2.03. The Balaban J connectivity index is 2.55. The van der Waals surface area contributed by atoms with Gasteiger partial charge < -0.3 is 10.2 Å². The number of aromatic nitrogens is 3. The molecular formula is C11H11N3O3. The Labute approximate surface area is 97.1 Å². The Morgan fingerprint density at radius 3 is 2.53 bits per heavy atom. The maximum atomic E-state index is 11.2. The third kappa shape index (κ3) is 1.96. The van der Waals surface area contributed by atoms with Crippen molar-refractivity contribution in [1.29, 1.82) is 0 Å². The number of hydrogen-bond donors (Lipinski definition) is 2. The van der Waals surface area contributed by atoms with Gasteiger partial charge in [-0.05, 0) is 30.7 Å². The van der Waals surface area contributed by atoms with E-state index in [2.05, 4.69) is 10.3 Å². The Kier molecular flexibility index (Phi) is 2.78. The molecule has 1 aromatic heterocycles. The normalized spacial score (nSPS) is 10.4. The molecule has 0 saturated carbocycles. The Morgan fingerprint density at radius 2 is 2.00 bits per heavy atom. The summed E-state index contributed by atoms with van der Waals surface area (Å²) in [6.45, 7) is 1.82. The molecule has 0 unspecified atom stereocenters. The van der Waals surface area contributed by atoms with Crippen LogP contribution in [0.25, 0.3) is 5.69 Å². The number of rotatable bonds is 3. The van der Waals surface area contributed by atoms with Gasteiger partial charge in [0.1, 0.15) is 5.75 Å². The lowest BCUT2D eigenvalue weighted by Crippen LogP contribution is -2.09. The zero-order chi connectivity index (χ0) is 12.4. The van der Waals surface area contributed by atoms with E-state index in [9.17, 15) is 9.90 Å². The largest absolute Gasteiger partial charge is 0.508 e. The van der Waals surface area contributed by atoms with E-state index in [1.54, 1.807) is 12.1 Å². The van der Waals surface area contributed by atoms with E-state index in [0.29, 0.717) is 17.8 Å². The quantitative estimate of drug-likeness (QED) is 0.832. The van der Waals surface area contributed by atoms with Crippen LogP contribution in [0.1, 0.15) is 23.1 Å². The van der Waals surface area contributed by atoms with Crippen LogP contribution < -0.4 is 0 Å². The molecule has 0 amide bonds. The average Bonchev–Trinajstić information content (AvgIpc) is 2.73. The number of benzene rings is 1. The van der Waals surface area contributed by atoms with Gasteiger partial charge in [0.2, 0.25) is 0 Å². The fourth-order valence-electron chi connectivity index (χ4n) is 1.54. The minimum atomic E-state index is -1.07. The van der Waals surface area contributed by atoms with Crippen LogP contribution in [0.15, 0.2) is 24.3 Å². The molecule has 0 aliphatic carbocycles. The molecule has 6 heteroatoms. The van der Waals surface area contributed by atoms with E-state index >= 15 is 0 Å². The van der Waals surface area contributed by atoms with Crippen LogP contribution in [0.3, 0.4) is 0 Å². The molecule has 0 radical (unpaired) electrons. The molecule has 2 rings (SSSR count). The van der Waals surface area contributed by atoms with E-state index in [0.717, 1.165) is 0 Å². The smallest absolute Gasteiger partial charge is 0.356 e. The summed E-state index contributed by atoms with van der Waals surface area (Å²) in [4.78, 5) is 11.2. The van der Waals surface area contributed by atoms with E-state index in [4.69, 9.17) is 5.11 Å². The summed E-state index contributed by atoms with van der Waals surface area (Å²) in [5, 5.41) is 25.9. The monoisotopic (exact) mass is 233 g/mol. The highest BCUT2D eigenvalue weighted by atomic mass is 16.4. The van der Waals surface area contributed by atoms with Crippen molar-refractivity contribution in [2.75, 3.05) is 0 Å². The van der Waals surface area contributed by atoms with Crippen molar-refractivity contribution >= 4 is 5.97 Å². The number of phenolic OH excluding ortho intramolecular Hbond substituents is 1. The highest BCUT2D eigenvalue weighted by Gasteiger charge is 2.19. The summed E-state index contributed by atoms with van der Waals surface area (Å²) >= 11 is 0. The van der Waals surface area contributed by atoms with Crippen LogP contribution in [0.2, 0.25) is 0 Å². The third-order valence-corrected chi connectivity index (χ3v) is 2.37. The second kappa shape index (κ2) is 4.25. The summed E-state index contributed by atoms with van der Waals surface area (Å²) in [7, 11) is 0. The highest BCUT2D eigenvalue weighted by Crippen LogP contribution is 2.16. The van der Waals surface area contributed by atoms with Gasteiger partial charge in [-0.2, -0.15) is 0 Å². The molecule has 1 aromatic carbocycles. The van der Waals surface area contributed by atoms with Crippen LogP contribution in [0, 0.1) is 0 Å². The second-order valence-corrected chi connectivity index (χ2v) is 3.47. The molecule has 0 bridgehead atoms. The molecule has 0 spiro atoms. The molecule has 88 valence electrons. The SMILES string of the molecule is CCc1nnn(-c2ccc(O)cc2)c1C(=O)O. The van der Waals surface area contributed by atoms with Crippen LogP contribution in [0.4, 0.5) is 0 Å². The molecule has 17 heavy (non-hydrogen) atoms. The molecule has 2 aromatic rings. The maximum absolute atomic E-state index is 11.2. The van der Waals surface area contributed by atoms with Crippen molar-refractivity contribution in [2.45, 2.75) is 13.3 Å². The zero-order valence-corrected chi connectivity index (χ0v) is 9.16. The number of aromatic hydroxyl groups is 1. The highest BCUT2D eigenvalue weighted by molar-refractivity contribution is 5.87. The van der Waals surface area contributed by atoms with Gasteiger partial charge in [0.05, 0.1) is 11.4 Å². The van der Waals surface area contributed by atoms with Crippen molar-refractivity contribution < 1.29 is 15.0 Å². The molecule has 0 atom stereocenters. The summed E-state index contributed by atoms with van der Waals surface area (Å²) in [6, 6.07) is 6.09. The van der Waals surface area contributed by atoms with Crippen LogP contribution in [-0.2, 0) is 6.42 Å². The number of carboxylic acids is 1. The van der Waals surface area contributed by atoms with Gasteiger partial charge >= 0.3 is 5.97 Å². The zero-order valence-electron chi connectivity index (χ0n) is 9.16. The van der Waals surface area contributed by atoms with Gasteiger partial charge in [0.25, 0.3) is 0 Å². The van der Waals surface area contributed by atoms with Gasteiger partial charge in [-0.1, -0.05) is 12.1 Å². The predicted octanol–water partition coefficient (Wildman–Crippen LogP) is 1.23. The molecule has 0 saturated heterocycles. The van der Waals surface area contributed by atoms with E-state index < -0.39 is 5.97 Å². The van der Waals surface area contributed by atoms with Crippen molar-refractivity contribution in [3.63, 3.8) is 0 Å². The molecule has 0 fully saturated rings. The molecule has 0 aliphatic rings. The lowest BCUT2D eigenvalue weighted by molar-refractivity contribution is 0.0686. The van der Waals surface area contributed by atoms with E-state index in [-0.39, 0.29) is 11.4 Å². The fraction of sp³-hybridized carbons (Fsp3) is 0.182. The number of carbonyl (C=O) groups is 1. The predicted molar refractivity (Wildman–Crippen MR) is 59.4 cm³/mol. The van der Waals surface area contributed by atoms with Gasteiger partial charge in [0, 0.05) is 0 Å². The van der Waals surface area contributed by atoms with Gasteiger partial charge in [0.15, 0.2) is 5.69 Å². The molecule has 0 aliphatic heterocycles. The average molecular weight is 233 g/mol. The second-order valence-electron chi connectivity index (χ2n) is 3.47. The van der Waals surface area contributed by atoms with Gasteiger partial charge in [-0.15, -0.1) is 5.10 Å². The van der Waals surface area contributed by atoms with Crippen LogP contribution in [-0.4, -0.2) is 31.2 Å². The van der Waals surface area contributed by atoms with Crippen LogP contribution >= 0.6 is 0 Å². The third-order valence-electron chi connectivity index (χ3n) is 2.37. The van der Waals surface area contributed by atoms with Crippen molar-refractivity contribution in [2.24, 2.45) is 0 Å². The Morgan fingerprint density at radius 1 is 1.35 bits per heavy atom. The van der Waals surface area contributed by atoms with Crippen molar-refractivity contribution in [3.05, 3.63) is 35.7 Å². The number of nitrogens with zero attached hydrogens (tertiary/aromatic N) is 3. The number of aromatic carboxylic acids is 1. The number of aryl methyl sites for hydroxylation is 1. The summed E-state index contributed by atoms with van der Waals surface area (Å²) < 4.78 is 1.25. The number of hydrogen-bond acceptors (Lipinski definition) is 4. The minimum absolute atomic E-state index is 0.0539. The van der Waals surface area contributed by atoms with E-state index in [1.165, 1.54) is 16.8 Å². The molecule has 6 nitrogen and oxygen atoms in total. The summed E-state index contributed by atoms with van der Waals surface area (Å²) in [6.07, 6.45) is 0.500. The van der Waals surface area contributed by atoms with E-state index in [1.807, 2.05) is 6.92 Å². The molecule has 2 N–H and O–H groups in total. The minimum Gasteiger partial charge on any atom is -0.508 e. The number of carboxylic acid groups (broad SMARTS) is 1. The Bertz CT molecular complexity index is 546. The van der Waals surface area contributed by atoms with Crippen molar-refractivity contribution in [1.82, 2.24) is 15.0 Å². The Hall–Kier alpha value is -2.37. The first-order valence-electron chi connectivity index (χ1n) is 5.10. The number of phenols is 1. The van der Waals surface area contributed by atoms with Crippen LogP contribution in [0.5, 0.6) is 5.75 Å². The summed E-state index contributed by atoms with van der Waals surface area (Å²) in [5.41, 5.74) is 1.04. The molecular weight excluding hydrogens is 222 g/mol. The van der Waals surface area contributed by atoms with Gasteiger partial charge in [-0.3, -0.25) is 0 Å².